The summed E-state index contributed by atoms with van der Waals surface area (Å²) in [7, 11) is 0. The number of aromatic nitrogens is 1. The number of carboxylic acid groups (broad SMARTS) is 2. The molecule has 3 aliphatic heterocycles. The predicted molar refractivity (Wildman–Crippen MR) is 147 cm³/mol. The Kier molecular flexibility index (Phi) is 7.19. The number of rotatable bonds is 7. The molecule has 1 saturated carbocycles. The van der Waals surface area contributed by atoms with Crippen molar-refractivity contribution in [2.24, 2.45) is 11.8 Å². The Morgan fingerprint density at radius 3 is 2.48 bits per heavy atom. The topological polar surface area (TPSA) is 196 Å². The molecule has 0 radical (unpaired) electrons. The van der Waals surface area contributed by atoms with Gasteiger partial charge < -0.3 is 34.8 Å². The smallest absolute Gasteiger partial charge is 0.410 e. The van der Waals surface area contributed by atoms with Crippen LogP contribution in [0.25, 0.3) is 6.08 Å². The number of nitrogens with zero attached hydrogens (tertiary/aromatic N) is 3. The van der Waals surface area contributed by atoms with E-state index in [0.717, 1.165) is 11.0 Å². The first-order valence-corrected chi connectivity index (χ1v) is 14.4. The van der Waals surface area contributed by atoms with E-state index in [4.69, 9.17) is 4.74 Å². The normalized spacial score (nSPS) is 27.0. The molecule has 1 aromatic rings. The van der Waals surface area contributed by atoms with Gasteiger partial charge in [0, 0.05) is 48.4 Å². The Bertz CT molecular complexity index is 1640. The van der Waals surface area contributed by atoms with Crippen LogP contribution >= 0.6 is 0 Å². The maximum absolute atomic E-state index is 14.3. The molecule has 2 amide bonds. The van der Waals surface area contributed by atoms with Crippen LogP contribution in [0.3, 0.4) is 0 Å². The van der Waals surface area contributed by atoms with Crippen LogP contribution in [-0.4, -0.2) is 97.8 Å². The molecule has 4 heterocycles. The van der Waals surface area contributed by atoms with Crippen molar-refractivity contribution in [3.63, 3.8) is 0 Å². The van der Waals surface area contributed by atoms with E-state index in [2.05, 4.69) is 5.32 Å². The molecule has 5 atom stereocenters. The molecular formula is C29H31FN4O10. The minimum atomic E-state index is -1.57. The second-order valence-electron chi connectivity index (χ2n) is 11.8. The number of hydrogen-bond donors (Lipinski definition) is 4. The number of allylic oxidation sites excluding steroid dienone is 1. The Balaban J connectivity index is 1.36. The lowest BCUT2D eigenvalue weighted by atomic mass is 9.78. The number of aliphatic hydroxyl groups is 1. The van der Waals surface area contributed by atoms with E-state index in [1.807, 2.05) is 0 Å². The number of hydrogen-bond acceptors (Lipinski definition) is 9. The molecule has 0 bridgehead atoms. The van der Waals surface area contributed by atoms with Gasteiger partial charge in [-0.25, -0.2) is 18.8 Å². The van der Waals surface area contributed by atoms with Crippen molar-refractivity contribution in [1.29, 1.82) is 0 Å². The molecule has 1 aromatic heterocycles. The molecule has 2 aliphatic carbocycles. The summed E-state index contributed by atoms with van der Waals surface area (Å²) in [4.78, 5) is 79.1. The summed E-state index contributed by atoms with van der Waals surface area (Å²) in [5.74, 6) is -6.77. The van der Waals surface area contributed by atoms with Gasteiger partial charge in [0.05, 0.1) is 36.2 Å². The summed E-state index contributed by atoms with van der Waals surface area (Å²) >= 11 is 0. The second-order valence-corrected chi connectivity index (χ2v) is 11.8. The summed E-state index contributed by atoms with van der Waals surface area (Å²) in [6, 6.07) is -1.88. The minimum Gasteiger partial charge on any atom is -0.477 e. The van der Waals surface area contributed by atoms with E-state index < -0.39 is 89.6 Å². The Labute approximate surface area is 249 Å². The van der Waals surface area contributed by atoms with Gasteiger partial charge >= 0.3 is 18.0 Å². The fourth-order valence-electron chi connectivity index (χ4n) is 7.06. The van der Waals surface area contributed by atoms with Crippen molar-refractivity contribution in [1.82, 2.24) is 19.7 Å². The average Bonchev–Trinajstić information content (AvgIpc) is 3.76. The van der Waals surface area contributed by atoms with Gasteiger partial charge in [0.15, 0.2) is 11.6 Å². The molecule has 5 aliphatic rings. The third-order valence-corrected chi connectivity index (χ3v) is 9.24. The zero-order valence-electron chi connectivity index (χ0n) is 23.9. The third kappa shape index (κ3) is 4.44. The van der Waals surface area contributed by atoms with Crippen molar-refractivity contribution in [3.05, 3.63) is 49.8 Å². The molecule has 2 unspecified atom stereocenters. The molecule has 3 fully saturated rings. The molecule has 44 heavy (non-hydrogen) atoms. The number of aliphatic carboxylic acids is 1. The van der Waals surface area contributed by atoms with Gasteiger partial charge in [-0.05, 0) is 25.8 Å². The van der Waals surface area contributed by atoms with E-state index in [9.17, 15) is 48.5 Å². The Morgan fingerprint density at radius 1 is 1.16 bits per heavy atom. The fourth-order valence-corrected chi connectivity index (χ4v) is 7.06. The van der Waals surface area contributed by atoms with Gasteiger partial charge in [-0.15, -0.1) is 0 Å². The lowest BCUT2D eigenvalue weighted by Gasteiger charge is -2.46. The van der Waals surface area contributed by atoms with Gasteiger partial charge in [-0.1, -0.05) is 6.92 Å². The summed E-state index contributed by atoms with van der Waals surface area (Å²) in [5, 5.41) is 33.2. The van der Waals surface area contributed by atoms with Crippen LogP contribution < -0.4 is 10.7 Å². The lowest BCUT2D eigenvalue weighted by molar-refractivity contribution is -0.163. The van der Waals surface area contributed by atoms with E-state index in [1.165, 1.54) is 11.8 Å². The molecular weight excluding hydrogens is 583 g/mol. The highest BCUT2D eigenvalue weighted by atomic mass is 19.1. The molecule has 6 rings (SSSR count). The minimum absolute atomic E-state index is 0.00520. The largest absolute Gasteiger partial charge is 0.477 e. The van der Waals surface area contributed by atoms with Crippen LogP contribution in [0, 0.1) is 11.8 Å². The number of aromatic carboxylic acids is 1. The number of piperazine rings is 1. The monoisotopic (exact) mass is 614 g/mol. The average molecular weight is 615 g/mol. The van der Waals surface area contributed by atoms with Crippen LogP contribution in [-0.2, 0) is 25.5 Å². The van der Waals surface area contributed by atoms with Crippen LogP contribution in [0.2, 0.25) is 0 Å². The van der Waals surface area contributed by atoms with Crippen LogP contribution in [0.5, 0.6) is 0 Å². The quantitative estimate of drug-likeness (QED) is 0.314. The third-order valence-electron chi connectivity index (χ3n) is 9.24. The molecule has 14 nitrogen and oxygen atoms in total. The van der Waals surface area contributed by atoms with E-state index in [1.54, 1.807) is 11.5 Å². The van der Waals surface area contributed by atoms with Crippen molar-refractivity contribution < 1.29 is 48.4 Å². The fraction of sp³-hybridized carbons (Fsp3) is 0.517. The van der Waals surface area contributed by atoms with E-state index in [0.29, 0.717) is 19.4 Å². The van der Waals surface area contributed by atoms with Crippen LogP contribution in [0.1, 0.15) is 66.1 Å². The number of carboxylic acids is 2. The number of nitrogens with one attached hydrogen (secondary N) is 1. The van der Waals surface area contributed by atoms with Crippen molar-refractivity contribution in [2.75, 3.05) is 26.2 Å². The summed E-state index contributed by atoms with van der Waals surface area (Å²) in [6.45, 7) is 3.05. The number of carbonyl (C=O) groups excluding carboxylic acids is 3. The van der Waals surface area contributed by atoms with Gasteiger partial charge in [0.1, 0.15) is 17.9 Å². The zero-order valence-corrected chi connectivity index (χ0v) is 23.9. The second kappa shape index (κ2) is 10.7. The number of carbonyl (C=O) groups is 5. The first kappa shape index (κ1) is 29.7. The number of amides is 2. The van der Waals surface area contributed by atoms with Crippen molar-refractivity contribution in [2.45, 2.75) is 57.3 Å². The molecule has 0 aromatic carbocycles. The number of halogens is 1. The Hall–Kier alpha value is -4.37. The highest BCUT2D eigenvalue weighted by Crippen LogP contribution is 2.47. The van der Waals surface area contributed by atoms with Gasteiger partial charge in [0.25, 0.3) is 0 Å². The summed E-state index contributed by atoms with van der Waals surface area (Å²) in [6.07, 6.45) is -0.318. The first-order valence-electron chi connectivity index (χ1n) is 14.4. The van der Waals surface area contributed by atoms with Gasteiger partial charge in [-0.3, -0.25) is 19.3 Å². The molecule has 2 saturated heterocycles. The van der Waals surface area contributed by atoms with Crippen molar-refractivity contribution >= 4 is 35.8 Å². The first-order chi connectivity index (χ1) is 20.8. The summed E-state index contributed by atoms with van der Waals surface area (Å²) < 4.78 is 21.5. The molecule has 15 heteroatoms. The maximum Gasteiger partial charge on any atom is 0.410 e. The SMILES string of the molecule is CC(O)[C@H]1C(=O)N2C(C(=O)O)=C(COC(=O)N3CCNCC3c3c(C(=O)O)c(=O)c4c(n3C3CC3)CC(=O)C(F)=C4)[C@H](C)[C@H]12. The van der Waals surface area contributed by atoms with Crippen LogP contribution in [0.15, 0.2) is 21.9 Å². The summed E-state index contributed by atoms with van der Waals surface area (Å²) in [5.41, 5.74) is -1.70. The number of fused-ring (bicyclic) bond motifs is 2. The number of β-lactam (4-membered cyclic amide) rings is 1. The zero-order chi connectivity index (χ0) is 31.8. The number of Topliss-reactive ketones (excluding diaryl/α,β-unsaturated/α-hetero) is 1. The number of ether oxygens (including phenoxy) is 1. The molecule has 0 spiro atoms. The van der Waals surface area contributed by atoms with E-state index in [-0.39, 0.29) is 47.4 Å². The molecule has 4 N–H and O–H groups in total. The predicted octanol–water partition coefficient (Wildman–Crippen LogP) is 0.596. The number of aliphatic hydroxyl groups excluding tert-OH is 1. The molecule has 234 valence electrons. The number of pyridine rings is 1. The van der Waals surface area contributed by atoms with Gasteiger partial charge in [0.2, 0.25) is 11.3 Å². The van der Waals surface area contributed by atoms with Gasteiger partial charge in [-0.2, -0.15) is 0 Å². The standard InChI is InChI=1S/C29H31FN4O10/c1-11-15(23(28(41)42)34-22(11)20(12(2)35)26(34)38)10-44-29(43)32-6-5-31-9-18(32)24-21(27(39)40)25(37)14-7-16(30)19(36)8-17(14)33(24)13-3-4-13/h7,11-13,18,20,22,31,35H,3-6,8-10H2,1-2H3,(H,39,40)(H,41,42)/t11-,12?,18?,20+,22+/m0/s1. The number of ketones is 1. The van der Waals surface area contributed by atoms with E-state index >= 15 is 0 Å². The highest BCUT2D eigenvalue weighted by molar-refractivity contribution is 6.02. The maximum atomic E-state index is 14.3. The lowest BCUT2D eigenvalue weighted by Crippen LogP contribution is -2.63. The Morgan fingerprint density at radius 2 is 1.86 bits per heavy atom. The highest BCUT2D eigenvalue weighted by Gasteiger charge is 2.60. The van der Waals surface area contributed by atoms with Crippen molar-refractivity contribution in [3.8, 4) is 0 Å². The van der Waals surface area contributed by atoms with Crippen LogP contribution in [0.4, 0.5) is 9.18 Å².